The van der Waals surface area contributed by atoms with Gasteiger partial charge in [0, 0.05) is 25.1 Å². The molecule has 0 spiro atoms. The molecule has 4 nitrogen and oxygen atoms in total. The summed E-state index contributed by atoms with van der Waals surface area (Å²) in [5.74, 6) is 3.49. The molecule has 2 N–H and O–H groups in total. The maximum Gasteiger partial charge on any atom is 0.136 e. The quantitative estimate of drug-likeness (QED) is 0.859. The zero-order valence-corrected chi connectivity index (χ0v) is 12.1. The van der Waals surface area contributed by atoms with E-state index in [1.165, 1.54) is 12.8 Å². The van der Waals surface area contributed by atoms with E-state index in [1.807, 2.05) is 7.05 Å². The first-order valence-corrected chi connectivity index (χ1v) is 6.71. The summed E-state index contributed by atoms with van der Waals surface area (Å²) in [5.41, 5.74) is 1.35. The van der Waals surface area contributed by atoms with Crippen LogP contribution in [-0.2, 0) is 0 Å². The Hall–Kier alpha value is -1.32. The van der Waals surface area contributed by atoms with Gasteiger partial charge in [-0.25, -0.2) is 9.97 Å². The van der Waals surface area contributed by atoms with Crippen molar-refractivity contribution >= 4 is 11.6 Å². The summed E-state index contributed by atoms with van der Waals surface area (Å²) >= 11 is 0. The van der Waals surface area contributed by atoms with Crippen LogP contribution in [0.5, 0.6) is 0 Å². The fourth-order valence-corrected chi connectivity index (χ4v) is 1.82. The summed E-state index contributed by atoms with van der Waals surface area (Å²) in [5, 5.41) is 6.62. The van der Waals surface area contributed by atoms with E-state index in [9.17, 15) is 0 Å². The molecule has 0 aliphatic heterocycles. The SMILES string of the molecule is CNc1nc(C2CC2)nc(NCC(C)(C)C)c1C. The van der Waals surface area contributed by atoms with Crippen LogP contribution < -0.4 is 10.6 Å². The summed E-state index contributed by atoms with van der Waals surface area (Å²) in [6, 6.07) is 0. The number of nitrogens with zero attached hydrogens (tertiary/aromatic N) is 2. The van der Waals surface area contributed by atoms with Gasteiger partial charge in [0.15, 0.2) is 0 Å². The average molecular weight is 248 g/mol. The van der Waals surface area contributed by atoms with Crippen molar-refractivity contribution in [2.75, 3.05) is 24.2 Å². The van der Waals surface area contributed by atoms with Crippen LogP contribution in [0.1, 0.15) is 50.9 Å². The van der Waals surface area contributed by atoms with E-state index in [0.29, 0.717) is 5.92 Å². The Labute approximate surface area is 110 Å². The highest BCUT2D eigenvalue weighted by molar-refractivity contribution is 5.57. The smallest absolute Gasteiger partial charge is 0.136 e. The lowest BCUT2D eigenvalue weighted by Gasteiger charge is -2.21. The van der Waals surface area contributed by atoms with Crippen molar-refractivity contribution in [3.63, 3.8) is 0 Å². The van der Waals surface area contributed by atoms with E-state index in [1.54, 1.807) is 0 Å². The van der Waals surface area contributed by atoms with Gasteiger partial charge in [-0.3, -0.25) is 0 Å². The lowest BCUT2D eigenvalue weighted by atomic mass is 9.97. The predicted octanol–water partition coefficient (Wildman–Crippen LogP) is 3.16. The molecule has 1 aromatic heterocycles. The Morgan fingerprint density at radius 3 is 2.28 bits per heavy atom. The van der Waals surface area contributed by atoms with Crippen molar-refractivity contribution in [3.05, 3.63) is 11.4 Å². The Kier molecular flexibility index (Phi) is 3.46. The number of hydrogen-bond acceptors (Lipinski definition) is 4. The number of anilines is 2. The molecule has 100 valence electrons. The van der Waals surface area contributed by atoms with Crippen molar-refractivity contribution in [2.24, 2.45) is 5.41 Å². The van der Waals surface area contributed by atoms with Crippen LogP contribution in [0.2, 0.25) is 0 Å². The molecule has 4 heteroatoms. The average Bonchev–Trinajstić information content (AvgIpc) is 3.10. The first-order valence-electron chi connectivity index (χ1n) is 6.71. The first kappa shape index (κ1) is 13.1. The molecule has 0 unspecified atom stereocenters. The molecule has 18 heavy (non-hydrogen) atoms. The second-order valence-electron chi connectivity index (χ2n) is 6.34. The van der Waals surface area contributed by atoms with Gasteiger partial charge in [0.1, 0.15) is 17.5 Å². The Morgan fingerprint density at radius 1 is 1.17 bits per heavy atom. The van der Waals surface area contributed by atoms with Crippen LogP contribution in [0.3, 0.4) is 0 Å². The molecule has 1 aromatic rings. The molecule has 1 heterocycles. The van der Waals surface area contributed by atoms with E-state index in [0.717, 1.165) is 29.6 Å². The Balaban J connectivity index is 2.24. The molecule has 0 atom stereocenters. The molecular formula is C14H24N4. The van der Waals surface area contributed by atoms with Gasteiger partial charge in [0.2, 0.25) is 0 Å². The maximum absolute atomic E-state index is 4.68. The summed E-state index contributed by atoms with van der Waals surface area (Å²) in [7, 11) is 1.92. The fraction of sp³-hybridized carbons (Fsp3) is 0.714. The topological polar surface area (TPSA) is 49.8 Å². The maximum atomic E-state index is 4.68. The highest BCUT2D eigenvalue weighted by Gasteiger charge is 2.28. The molecule has 1 saturated carbocycles. The van der Waals surface area contributed by atoms with Crippen molar-refractivity contribution in [1.82, 2.24) is 9.97 Å². The predicted molar refractivity (Wildman–Crippen MR) is 76.2 cm³/mol. The number of hydrogen-bond donors (Lipinski definition) is 2. The summed E-state index contributed by atoms with van der Waals surface area (Å²) in [6.07, 6.45) is 2.45. The molecule has 0 saturated heterocycles. The molecule has 1 aliphatic rings. The van der Waals surface area contributed by atoms with Gasteiger partial charge in [-0.2, -0.15) is 0 Å². The molecule has 0 aromatic carbocycles. The van der Waals surface area contributed by atoms with Gasteiger partial charge in [-0.15, -0.1) is 0 Å². The minimum atomic E-state index is 0.247. The Morgan fingerprint density at radius 2 is 1.78 bits per heavy atom. The van der Waals surface area contributed by atoms with Crippen molar-refractivity contribution < 1.29 is 0 Å². The van der Waals surface area contributed by atoms with Gasteiger partial charge in [-0.1, -0.05) is 20.8 Å². The molecule has 0 amide bonds. The molecule has 1 aliphatic carbocycles. The monoisotopic (exact) mass is 248 g/mol. The lowest BCUT2D eigenvalue weighted by molar-refractivity contribution is 0.442. The van der Waals surface area contributed by atoms with Crippen LogP contribution >= 0.6 is 0 Å². The number of nitrogens with one attached hydrogen (secondary N) is 2. The second-order valence-corrected chi connectivity index (χ2v) is 6.34. The van der Waals surface area contributed by atoms with E-state index in [4.69, 9.17) is 0 Å². The third-order valence-electron chi connectivity index (χ3n) is 3.13. The van der Waals surface area contributed by atoms with E-state index >= 15 is 0 Å². The van der Waals surface area contributed by atoms with Gasteiger partial charge >= 0.3 is 0 Å². The Bertz CT molecular complexity index is 430. The minimum Gasteiger partial charge on any atom is -0.373 e. The standard InChI is InChI=1S/C14H24N4/c1-9-11(15-5)17-13(10-6-7-10)18-12(9)16-8-14(2,3)4/h10H,6-8H2,1-5H3,(H2,15,16,17,18). The van der Waals surface area contributed by atoms with E-state index in [2.05, 4.69) is 48.3 Å². The second kappa shape index (κ2) is 4.75. The van der Waals surface area contributed by atoms with Gasteiger partial charge < -0.3 is 10.6 Å². The van der Waals surface area contributed by atoms with E-state index < -0.39 is 0 Å². The minimum absolute atomic E-state index is 0.247. The molecule has 0 bridgehead atoms. The first-order chi connectivity index (χ1) is 8.40. The van der Waals surface area contributed by atoms with Gasteiger partial charge in [0.05, 0.1) is 0 Å². The van der Waals surface area contributed by atoms with Crippen LogP contribution in [0.15, 0.2) is 0 Å². The normalized spacial score (nSPS) is 15.6. The molecular weight excluding hydrogens is 224 g/mol. The van der Waals surface area contributed by atoms with Crippen molar-refractivity contribution in [2.45, 2.75) is 46.5 Å². The molecule has 0 radical (unpaired) electrons. The highest BCUT2D eigenvalue weighted by Crippen LogP contribution is 2.39. The molecule has 1 fully saturated rings. The number of aromatic nitrogens is 2. The van der Waals surface area contributed by atoms with Crippen LogP contribution in [0.25, 0.3) is 0 Å². The van der Waals surface area contributed by atoms with Crippen LogP contribution in [-0.4, -0.2) is 23.6 Å². The van der Waals surface area contributed by atoms with E-state index in [-0.39, 0.29) is 5.41 Å². The van der Waals surface area contributed by atoms with Gasteiger partial charge in [-0.05, 0) is 25.2 Å². The van der Waals surface area contributed by atoms with Crippen molar-refractivity contribution in [1.29, 1.82) is 0 Å². The largest absolute Gasteiger partial charge is 0.373 e. The summed E-state index contributed by atoms with van der Waals surface area (Å²) in [6.45, 7) is 9.64. The zero-order chi connectivity index (χ0) is 13.3. The van der Waals surface area contributed by atoms with Gasteiger partial charge in [0.25, 0.3) is 0 Å². The van der Waals surface area contributed by atoms with Crippen LogP contribution in [0, 0.1) is 12.3 Å². The third-order valence-corrected chi connectivity index (χ3v) is 3.13. The van der Waals surface area contributed by atoms with Crippen molar-refractivity contribution in [3.8, 4) is 0 Å². The summed E-state index contributed by atoms with van der Waals surface area (Å²) in [4.78, 5) is 9.28. The molecule has 2 rings (SSSR count). The highest BCUT2D eigenvalue weighted by atomic mass is 15.1. The zero-order valence-electron chi connectivity index (χ0n) is 12.1. The fourth-order valence-electron chi connectivity index (χ4n) is 1.82. The third kappa shape index (κ3) is 3.12. The summed E-state index contributed by atoms with van der Waals surface area (Å²) < 4.78 is 0. The number of rotatable bonds is 4. The lowest BCUT2D eigenvalue weighted by Crippen LogP contribution is -2.21. The van der Waals surface area contributed by atoms with Crippen LogP contribution in [0.4, 0.5) is 11.6 Å².